The zero-order chi connectivity index (χ0) is 14.9. The zero-order valence-corrected chi connectivity index (χ0v) is 13.4. The molecule has 0 radical (unpaired) electrons. The number of ether oxygens (including phenoxy) is 1. The molecule has 0 amide bonds. The Hall–Kier alpha value is -1.20. The number of nitrogens with zero attached hydrogens (tertiary/aromatic N) is 4. The van der Waals surface area contributed by atoms with Crippen LogP contribution in [0.15, 0.2) is 12.1 Å². The van der Waals surface area contributed by atoms with Gasteiger partial charge in [0.2, 0.25) is 0 Å². The SMILES string of the molecule is Cc1ccc(N2CC[C@@H]3[C@@H]2CCN3CC2CCOCC2)nn1. The molecular formula is C17H26N4O. The fourth-order valence-electron chi connectivity index (χ4n) is 4.39. The third-order valence-electron chi connectivity index (χ3n) is 5.60. The van der Waals surface area contributed by atoms with E-state index in [9.17, 15) is 0 Å². The molecule has 0 saturated carbocycles. The van der Waals surface area contributed by atoms with E-state index in [1.54, 1.807) is 0 Å². The Balaban J connectivity index is 1.41. The number of aromatic nitrogens is 2. The summed E-state index contributed by atoms with van der Waals surface area (Å²) < 4.78 is 5.49. The van der Waals surface area contributed by atoms with Crippen LogP contribution in [0.4, 0.5) is 5.82 Å². The monoisotopic (exact) mass is 302 g/mol. The molecule has 1 aromatic heterocycles. The Bertz CT molecular complexity index is 500. The molecule has 22 heavy (non-hydrogen) atoms. The molecule has 5 heteroatoms. The van der Waals surface area contributed by atoms with Crippen LogP contribution in [0.5, 0.6) is 0 Å². The number of fused-ring (bicyclic) bond motifs is 1. The van der Waals surface area contributed by atoms with E-state index in [0.29, 0.717) is 12.1 Å². The second-order valence-electron chi connectivity index (χ2n) is 6.99. The van der Waals surface area contributed by atoms with Crippen molar-refractivity contribution in [1.29, 1.82) is 0 Å². The van der Waals surface area contributed by atoms with Gasteiger partial charge in [-0.1, -0.05) is 0 Å². The predicted molar refractivity (Wildman–Crippen MR) is 86.0 cm³/mol. The molecule has 0 N–H and O–H groups in total. The van der Waals surface area contributed by atoms with Crippen LogP contribution >= 0.6 is 0 Å². The molecule has 0 aromatic carbocycles. The first-order chi connectivity index (χ1) is 10.8. The first-order valence-corrected chi connectivity index (χ1v) is 8.70. The molecule has 0 bridgehead atoms. The lowest BCUT2D eigenvalue weighted by atomic mass is 9.99. The third-order valence-corrected chi connectivity index (χ3v) is 5.60. The molecule has 0 aliphatic carbocycles. The third kappa shape index (κ3) is 2.72. The summed E-state index contributed by atoms with van der Waals surface area (Å²) in [6.45, 7) is 7.53. The Labute approximate surface area is 132 Å². The van der Waals surface area contributed by atoms with Gasteiger partial charge in [0, 0.05) is 44.9 Å². The Morgan fingerprint density at radius 2 is 1.86 bits per heavy atom. The lowest BCUT2D eigenvalue weighted by Crippen LogP contribution is -2.39. The average Bonchev–Trinajstić information content (AvgIpc) is 3.13. The van der Waals surface area contributed by atoms with Crippen LogP contribution in [0.2, 0.25) is 0 Å². The maximum absolute atomic E-state index is 5.49. The van der Waals surface area contributed by atoms with E-state index in [2.05, 4.69) is 32.1 Å². The van der Waals surface area contributed by atoms with Crippen molar-refractivity contribution in [2.24, 2.45) is 5.92 Å². The van der Waals surface area contributed by atoms with Crippen molar-refractivity contribution in [3.63, 3.8) is 0 Å². The standard InChI is InChI=1S/C17H26N4O/c1-13-2-3-17(19-18-13)21-9-5-15-16(21)4-8-20(15)12-14-6-10-22-11-7-14/h2-3,14-16H,4-12H2,1H3/t15-,16+/m1/s1. The number of rotatable bonds is 3. The number of aryl methyl sites for hydroxylation is 1. The highest BCUT2D eigenvalue weighted by Crippen LogP contribution is 2.35. The molecule has 4 heterocycles. The number of anilines is 1. The van der Waals surface area contributed by atoms with Crippen LogP contribution in [-0.2, 0) is 4.74 Å². The minimum absolute atomic E-state index is 0.636. The maximum atomic E-state index is 5.49. The Morgan fingerprint density at radius 3 is 2.64 bits per heavy atom. The van der Waals surface area contributed by atoms with E-state index >= 15 is 0 Å². The van der Waals surface area contributed by atoms with Gasteiger partial charge >= 0.3 is 0 Å². The summed E-state index contributed by atoms with van der Waals surface area (Å²) >= 11 is 0. The lowest BCUT2D eigenvalue weighted by molar-refractivity contribution is 0.0508. The van der Waals surface area contributed by atoms with Crippen LogP contribution in [0, 0.1) is 12.8 Å². The van der Waals surface area contributed by atoms with Gasteiger partial charge in [-0.05, 0) is 50.7 Å². The smallest absolute Gasteiger partial charge is 0.151 e. The lowest BCUT2D eigenvalue weighted by Gasteiger charge is -2.30. The van der Waals surface area contributed by atoms with Crippen molar-refractivity contribution in [2.75, 3.05) is 37.7 Å². The summed E-state index contributed by atoms with van der Waals surface area (Å²) in [7, 11) is 0. The van der Waals surface area contributed by atoms with Crippen molar-refractivity contribution >= 4 is 5.82 Å². The normalized spacial score (nSPS) is 30.0. The van der Waals surface area contributed by atoms with Crippen LogP contribution < -0.4 is 4.90 Å². The minimum atomic E-state index is 0.636. The molecule has 4 rings (SSSR count). The number of hydrogen-bond donors (Lipinski definition) is 0. The van der Waals surface area contributed by atoms with E-state index in [1.165, 1.54) is 38.8 Å². The van der Waals surface area contributed by atoms with Gasteiger partial charge in [-0.2, -0.15) is 5.10 Å². The van der Waals surface area contributed by atoms with Gasteiger partial charge < -0.3 is 9.64 Å². The minimum Gasteiger partial charge on any atom is -0.381 e. The van der Waals surface area contributed by atoms with Gasteiger partial charge in [0.25, 0.3) is 0 Å². The maximum Gasteiger partial charge on any atom is 0.151 e. The van der Waals surface area contributed by atoms with Gasteiger partial charge in [0.15, 0.2) is 5.82 Å². The van der Waals surface area contributed by atoms with Gasteiger partial charge in [-0.3, -0.25) is 4.90 Å². The summed E-state index contributed by atoms with van der Waals surface area (Å²) in [4.78, 5) is 5.23. The molecule has 3 aliphatic heterocycles. The highest BCUT2D eigenvalue weighted by Gasteiger charge is 2.43. The molecule has 3 aliphatic rings. The first kappa shape index (κ1) is 14.4. The van der Waals surface area contributed by atoms with Crippen molar-refractivity contribution < 1.29 is 4.74 Å². The van der Waals surface area contributed by atoms with Crippen LogP contribution in [0.1, 0.15) is 31.4 Å². The number of hydrogen-bond acceptors (Lipinski definition) is 5. The van der Waals surface area contributed by atoms with Crippen LogP contribution in [0.3, 0.4) is 0 Å². The highest BCUT2D eigenvalue weighted by atomic mass is 16.5. The molecule has 3 saturated heterocycles. The van der Waals surface area contributed by atoms with Gasteiger partial charge in [0.05, 0.1) is 5.69 Å². The Morgan fingerprint density at radius 1 is 1.05 bits per heavy atom. The van der Waals surface area contributed by atoms with Crippen molar-refractivity contribution in [3.05, 3.63) is 17.8 Å². The van der Waals surface area contributed by atoms with Crippen molar-refractivity contribution in [1.82, 2.24) is 15.1 Å². The molecule has 5 nitrogen and oxygen atoms in total. The summed E-state index contributed by atoms with van der Waals surface area (Å²) in [5.74, 6) is 1.90. The highest BCUT2D eigenvalue weighted by molar-refractivity contribution is 5.42. The van der Waals surface area contributed by atoms with Gasteiger partial charge in [0.1, 0.15) is 0 Å². The fraction of sp³-hybridized carbons (Fsp3) is 0.765. The molecule has 1 aromatic rings. The number of likely N-dealkylation sites (tertiary alicyclic amines) is 1. The fourth-order valence-corrected chi connectivity index (χ4v) is 4.39. The average molecular weight is 302 g/mol. The molecular weight excluding hydrogens is 276 g/mol. The quantitative estimate of drug-likeness (QED) is 0.852. The zero-order valence-electron chi connectivity index (χ0n) is 13.4. The van der Waals surface area contributed by atoms with Crippen LogP contribution in [-0.4, -0.2) is 60.0 Å². The molecule has 0 spiro atoms. The Kier molecular flexibility index (Phi) is 4.01. The second-order valence-corrected chi connectivity index (χ2v) is 6.99. The van der Waals surface area contributed by atoms with Gasteiger partial charge in [-0.15, -0.1) is 5.10 Å². The second kappa shape index (κ2) is 6.13. The predicted octanol–water partition coefficient (Wildman–Crippen LogP) is 1.86. The molecule has 2 atom stereocenters. The van der Waals surface area contributed by atoms with Crippen LogP contribution in [0.25, 0.3) is 0 Å². The van der Waals surface area contributed by atoms with E-state index in [4.69, 9.17) is 4.74 Å². The topological polar surface area (TPSA) is 41.5 Å². The van der Waals surface area contributed by atoms with Crippen molar-refractivity contribution in [3.8, 4) is 0 Å². The molecule has 120 valence electrons. The summed E-state index contributed by atoms with van der Waals surface area (Å²) in [6.07, 6.45) is 5.01. The van der Waals surface area contributed by atoms with E-state index in [0.717, 1.165) is 37.2 Å². The van der Waals surface area contributed by atoms with E-state index < -0.39 is 0 Å². The summed E-state index contributed by atoms with van der Waals surface area (Å²) in [5.41, 5.74) is 0.993. The molecule has 0 unspecified atom stereocenters. The van der Waals surface area contributed by atoms with Gasteiger partial charge in [-0.25, -0.2) is 0 Å². The van der Waals surface area contributed by atoms with Crippen molar-refractivity contribution in [2.45, 2.75) is 44.7 Å². The first-order valence-electron chi connectivity index (χ1n) is 8.70. The summed E-state index contributed by atoms with van der Waals surface area (Å²) in [5, 5.41) is 8.63. The van der Waals surface area contributed by atoms with E-state index in [-0.39, 0.29) is 0 Å². The van der Waals surface area contributed by atoms with E-state index in [1.807, 2.05) is 6.92 Å². The summed E-state index contributed by atoms with van der Waals surface area (Å²) in [6, 6.07) is 5.55. The largest absolute Gasteiger partial charge is 0.381 e. The molecule has 3 fully saturated rings.